The van der Waals surface area contributed by atoms with E-state index in [0.717, 1.165) is 7.11 Å². The van der Waals surface area contributed by atoms with Gasteiger partial charge in [-0.25, -0.2) is 14.6 Å². The number of hydrogen-bond acceptors (Lipinski definition) is 9. The molecule has 1 aromatic carbocycles. The zero-order valence-corrected chi connectivity index (χ0v) is 14.4. The first-order valence-electron chi connectivity index (χ1n) is 7.48. The van der Waals surface area contributed by atoms with E-state index in [2.05, 4.69) is 24.7 Å². The lowest BCUT2D eigenvalue weighted by molar-refractivity contribution is -0.136. The summed E-state index contributed by atoms with van der Waals surface area (Å²) in [5.74, 6) is -2.84. The van der Waals surface area contributed by atoms with Crippen LogP contribution in [0.25, 0.3) is 0 Å². The van der Waals surface area contributed by atoms with E-state index in [4.69, 9.17) is 5.11 Å². The van der Waals surface area contributed by atoms with E-state index in [1.165, 1.54) is 37.4 Å². The number of aromatic hydroxyl groups is 1. The smallest absolute Gasteiger partial charge is 0.356 e. The number of esters is 2. The summed E-state index contributed by atoms with van der Waals surface area (Å²) in [6, 6.07) is 6.50. The van der Waals surface area contributed by atoms with Crippen LogP contribution in [0, 0.1) is 0 Å². The third-order valence-electron chi connectivity index (χ3n) is 3.30. The van der Waals surface area contributed by atoms with Gasteiger partial charge in [0.2, 0.25) is 0 Å². The van der Waals surface area contributed by atoms with Gasteiger partial charge >= 0.3 is 17.9 Å². The van der Waals surface area contributed by atoms with Crippen LogP contribution in [-0.4, -0.2) is 47.3 Å². The molecule has 27 heavy (non-hydrogen) atoms. The van der Waals surface area contributed by atoms with Crippen molar-refractivity contribution in [3.8, 4) is 5.75 Å². The minimum absolute atomic E-state index is 0.0270. The lowest BCUT2D eigenvalue weighted by Crippen LogP contribution is -2.08. The number of pyridine rings is 1. The van der Waals surface area contributed by atoms with E-state index in [1.807, 2.05) is 0 Å². The summed E-state index contributed by atoms with van der Waals surface area (Å²) < 4.78 is 9.19. The number of carboxylic acid groups (broad SMARTS) is 1. The maximum absolute atomic E-state index is 11.7. The van der Waals surface area contributed by atoms with Gasteiger partial charge in [0, 0.05) is 5.56 Å². The number of phenols is 1. The molecule has 10 heteroatoms. The van der Waals surface area contributed by atoms with E-state index < -0.39 is 24.3 Å². The summed E-state index contributed by atoms with van der Waals surface area (Å²) in [6.45, 7) is 0. The average Bonchev–Trinajstić information content (AvgIpc) is 2.66. The number of carboxylic acids is 1. The van der Waals surface area contributed by atoms with Crippen molar-refractivity contribution in [3.63, 3.8) is 0 Å². The Bertz CT molecular complexity index is 890. The van der Waals surface area contributed by atoms with Crippen molar-refractivity contribution in [1.29, 1.82) is 0 Å². The highest BCUT2D eigenvalue weighted by Gasteiger charge is 2.15. The standard InChI is InChI=1S/C17H15N3O7/c1-26-16(24)10-6-12(17(25)27-2)18-14(7-10)20-19-11-3-4-13(21)9(5-11)8-15(22)23/h3-7,21H,8H2,1-2H3,(H,22,23). The fourth-order valence-electron chi connectivity index (χ4n) is 2.06. The molecule has 0 bridgehead atoms. The SMILES string of the molecule is COC(=O)c1cc(N=Nc2ccc(O)c(CC(=O)O)c2)nc(C(=O)OC)c1. The maximum Gasteiger partial charge on any atom is 0.356 e. The number of nitrogens with zero attached hydrogens (tertiary/aromatic N) is 3. The van der Waals surface area contributed by atoms with Crippen LogP contribution in [-0.2, 0) is 20.7 Å². The second-order valence-corrected chi connectivity index (χ2v) is 5.17. The molecule has 140 valence electrons. The summed E-state index contributed by atoms with van der Waals surface area (Å²) >= 11 is 0. The number of hydrogen-bond donors (Lipinski definition) is 2. The number of phenolic OH excluding ortho intramolecular Hbond substituents is 1. The first kappa shape index (κ1) is 19.5. The number of methoxy groups -OCH3 is 2. The molecule has 0 spiro atoms. The highest BCUT2D eigenvalue weighted by molar-refractivity contribution is 5.94. The number of aliphatic carboxylic acids is 1. The number of carbonyl (C=O) groups is 3. The van der Waals surface area contributed by atoms with Crippen molar-refractivity contribution in [1.82, 2.24) is 4.98 Å². The number of aromatic nitrogens is 1. The van der Waals surface area contributed by atoms with Crippen LogP contribution in [0.5, 0.6) is 5.75 Å². The van der Waals surface area contributed by atoms with Crippen LogP contribution in [0.3, 0.4) is 0 Å². The van der Waals surface area contributed by atoms with Gasteiger partial charge in [0.1, 0.15) is 5.75 Å². The highest BCUT2D eigenvalue weighted by atomic mass is 16.5. The van der Waals surface area contributed by atoms with Crippen molar-refractivity contribution in [2.45, 2.75) is 6.42 Å². The molecule has 0 aliphatic carbocycles. The van der Waals surface area contributed by atoms with Crippen LogP contribution in [0.2, 0.25) is 0 Å². The molecule has 1 heterocycles. The summed E-state index contributed by atoms with van der Waals surface area (Å²) in [5, 5.41) is 26.2. The highest BCUT2D eigenvalue weighted by Crippen LogP contribution is 2.25. The molecule has 10 nitrogen and oxygen atoms in total. The number of rotatable bonds is 6. The van der Waals surface area contributed by atoms with Gasteiger partial charge in [0.15, 0.2) is 11.5 Å². The molecule has 0 fully saturated rings. The molecule has 0 atom stereocenters. The number of carbonyl (C=O) groups excluding carboxylic acids is 2. The first-order chi connectivity index (χ1) is 12.8. The van der Waals surface area contributed by atoms with Gasteiger partial charge < -0.3 is 19.7 Å². The molecule has 2 rings (SSSR count). The van der Waals surface area contributed by atoms with Gasteiger partial charge in [-0.05, 0) is 30.3 Å². The summed E-state index contributed by atoms with van der Waals surface area (Å²) in [7, 11) is 2.35. The lowest BCUT2D eigenvalue weighted by atomic mass is 10.1. The van der Waals surface area contributed by atoms with E-state index in [9.17, 15) is 19.5 Å². The van der Waals surface area contributed by atoms with Crippen molar-refractivity contribution >= 4 is 29.4 Å². The predicted octanol–water partition coefficient (Wildman–Crippen LogP) is 2.40. The zero-order chi connectivity index (χ0) is 20.0. The van der Waals surface area contributed by atoms with E-state index in [0.29, 0.717) is 0 Å². The molecule has 2 aromatic rings. The van der Waals surface area contributed by atoms with E-state index >= 15 is 0 Å². The van der Waals surface area contributed by atoms with E-state index in [1.54, 1.807) is 0 Å². The Balaban J connectivity index is 2.39. The molecule has 0 saturated heterocycles. The topological polar surface area (TPSA) is 148 Å². The third kappa shape index (κ3) is 5.08. The lowest BCUT2D eigenvalue weighted by Gasteiger charge is -2.04. The second-order valence-electron chi connectivity index (χ2n) is 5.17. The van der Waals surface area contributed by atoms with Gasteiger partial charge in [-0.3, -0.25) is 4.79 Å². The number of benzene rings is 1. The summed E-state index contributed by atoms with van der Waals surface area (Å²) in [6.07, 6.45) is -0.391. The molecular formula is C17H15N3O7. The monoisotopic (exact) mass is 373 g/mol. The molecule has 0 radical (unpaired) electrons. The van der Waals surface area contributed by atoms with E-state index in [-0.39, 0.29) is 34.1 Å². The Labute approximate surface area is 153 Å². The van der Waals surface area contributed by atoms with Crippen LogP contribution in [0.15, 0.2) is 40.6 Å². The fourth-order valence-corrected chi connectivity index (χ4v) is 2.06. The molecular weight excluding hydrogens is 358 g/mol. The fraction of sp³-hybridized carbons (Fsp3) is 0.176. The molecule has 0 saturated carbocycles. The Kier molecular flexibility index (Phi) is 6.15. The summed E-state index contributed by atoms with van der Waals surface area (Å²) in [5.41, 5.74) is 0.269. The Hall–Kier alpha value is -3.82. The molecule has 2 N–H and O–H groups in total. The molecule has 0 amide bonds. The Morgan fingerprint density at radius 2 is 1.74 bits per heavy atom. The van der Waals surface area contributed by atoms with Gasteiger partial charge in [-0.15, -0.1) is 10.2 Å². The molecule has 1 aromatic heterocycles. The third-order valence-corrected chi connectivity index (χ3v) is 3.30. The van der Waals surface area contributed by atoms with Gasteiger partial charge in [-0.2, -0.15) is 0 Å². The van der Waals surface area contributed by atoms with Crippen molar-refractivity contribution < 1.29 is 34.1 Å². The minimum atomic E-state index is -1.12. The van der Waals surface area contributed by atoms with Crippen LogP contribution < -0.4 is 0 Å². The van der Waals surface area contributed by atoms with Gasteiger partial charge in [0.05, 0.1) is 31.9 Å². The predicted molar refractivity (Wildman–Crippen MR) is 90.5 cm³/mol. The number of azo groups is 1. The second kappa shape index (κ2) is 8.52. The van der Waals surface area contributed by atoms with Crippen molar-refractivity contribution in [2.75, 3.05) is 14.2 Å². The Morgan fingerprint density at radius 3 is 2.37 bits per heavy atom. The normalized spacial score (nSPS) is 10.6. The molecule has 0 unspecified atom stereocenters. The Morgan fingerprint density at radius 1 is 1.04 bits per heavy atom. The molecule has 0 aliphatic rings. The average molecular weight is 373 g/mol. The van der Waals surface area contributed by atoms with Crippen LogP contribution >= 0.6 is 0 Å². The van der Waals surface area contributed by atoms with Crippen molar-refractivity contribution in [3.05, 3.63) is 47.2 Å². The first-order valence-corrected chi connectivity index (χ1v) is 7.48. The van der Waals surface area contributed by atoms with Gasteiger partial charge in [-0.1, -0.05) is 0 Å². The largest absolute Gasteiger partial charge is 0.508 e. The van der Waals surface area contributed by atoms with Crippen LogP contribution in [0.4, 0.5) is 11.5 Å². The maximum atomic E-state index is 11.7. The van der Waals surface area contributed by atoms with Gasteiger partial charge in [0.25, 0.3) is 0 Å². The van der Waals surface area contributed by atoms with Crippen molar-refractivity contribution in [2.24, 2.45) is 10.2 Å². The summed E-state index contributed by atoms with van der Waals surface area (Å²) in [4.78, 5) is 38.2. The quantitative estimate of drug-likeness (QED) is 0.579. The minimum Gasteiger partial charge on any atom is -0.508 e. The van der Waals surface area contributed by atoms with Crippen LogP contribution in [0.1, 0.15) is 26.4 Å². The number of ether oxygens (including phenoxy) is 2. The molecule has 0 aliphatic heterocycles. The zero-order valence-electron chi connectivity index (χ0n) is 14.4.